The molecule has 1 rings (SSSR count). The molecule has 0 spiro atoms. The molecule has 0 aromatic carbocycles. The van der Waals surface area contributed by atoms with E-state index in [0.29, 0.717) is 12.5 Å². The van der Waals surface area contributed by atoms with Crippen LogP contribution in [-0.2, 0) is 0 Å². The highest BCUT2D eigenvalue weighted by molar-refractivity contribution is 5.73. The monoisotopic (exact) mass is 257 g/mol. The largest absolute Gasteiger partial charge is 0.392 e. The van der Waals surface area contributed by atoms with Crippen LogP contribution >= 0.6 is 0 Å². The van der Waals surface area contributed by atoms with Gasteiger partial charge in [-0.25, -0.2) is 4.79 Å². The highest BCUT2D eigenvalue weighted by Gasteiger charge is 2.22. The first kappa shape index (κ1) is 15.2. The summed E-state index contributed by atoms with van der Waals surface area (Å²) >= 11 is 0. The molecule has 1 fully saturated rings. The van der Waals surface area contributed by atoms with Crippen molar-refractivity contribution in [3.63, 3.8) is 0 Å². The maximum atomic E-state index is 11.6. The van der Waals surface area contributed by atoms with Gasteiger partial charge in [0.15, 0.2) is 0 Å². The molecule has 0 bridgehead atoms. The van der Waals surface area contributed by atoms with Crippen LogP contribution in [-0.4, -0.2) is 66.8 Å². The lowest BCUT2D eigenvalue weighted by molar-refractivity contribution is 0.0945. The molecule has 0 aliphatic carbocycles. The van der Waals surface area contributed by atoms with E-state index < -0.39 is 0 Å². The first-order valence-electron chi connectivity index (χ1n) is 6.92. The first-order valence-corrected chi connectivity index (χ1v) is 6.92. The lowest BCUT2D eigenvalue weighted by Gasteiger charge is -2.34. The fourth-order valence-corrected chi connectivity index (χ4v) is 2.48. The number of rotatable bonds is 5. The Labute approximate surface area is 110 Å². The number of hydrogen-bond donors (Lipinski definition) is 2. The summed E-state index contributed by atoms with van der Waals surface area (Å²) < 4.78 is 0. The number of piperidine rings is 1. The van der Waals surface area contributed by atoms with Crippen molar-refractivity contribution in [2.24, 2.45) is 5.92 Å². The number of carbonyl (C=O) groups is 1. The van der Waals surface area contributed by atoms with Crippen LogP contribution in [0.15, 0.2) is 0 Å². The van der Waals surface area contributed by atoms with Gasteiger partial charge in [0.05, 0.1) is 6.10 Å². The van der Waals surface area contributed by atoms with Crippen LogP contribution in [0.2, 0.25) is 0 Å². The predicted octanol–water partition coefficient (Wildman–Crippen LogP) is 0.740. The average molecular weight is 257 g/mol. The quantitative estimate of drug-likeness (QED) is 0.764. The molecule has 2 N–H and O–H groups in total. The summed E-state index contributed by atoms with van der Waals surface area (Å²) in [6.45, 7) is 8.08. The van der Waals surface area contributed by atoms with Crippen LogP contribution in [0, 0.1) is 5.92 Å². The smallest absolute Gasteiger partial charge is 0.317 e. The van der Waals surface area contributed by atoms with Gasteiger partial charge < -0.3 is 20.2 Å². The number of aliphatic hydroxyl groups excluding tert-OH is 1. The third-order valence-corrected chi connectivity index (χ3v) is 3.44. The Morgan fingerprint density at radius 3 is 2.61 bits per heavy atom. The minimum atomic E-state index is -0.250. The Morgan fingerprint density at radius 1 is 1.50 bits per heavy atom. The van der Waals surface area contributed by atoms with Gasteiger partial charge in [-0.15, -0.1) is 0 Å². The molecule has 5 heteroatoms. The summed E-state index contributed by atoms with van der Waals surface area (Å²) in [7, 11) is 1.85. The van der Waals surface area contributed by atoms with Crippen molar-refractivity contribution >= 4 is 6.03 Å². The van der Waals surface area contributed by atoms with Crippen molar-refractivity contribution in [3.05, 3.63) is 0 Å². The zero-order valence-electron chi connectivity index (χ0n) is 11.9. The summed E-state index contributed by atoms with van der Waals surface area (Å²) in [5.74, 6) is 0.586. The summed E-state index contributed by atoms with van der Waals surface area (Å²) in [6.07, 6.45) is 1.96. The van der Waals surface area contributed by atoms with E-state index in [0.717, 1.165) is 39.0 Å². The maximum Gasteiger partial charge on any atom is 0.317 e. The predicted molar refractivity (Wildman–Crippen MR) is 72.5 cm³/mol. The number of β-amino-alcohol motifs (C(OH)–C–C–N with tert-alkyl or cyclic N) is 1. The number of urea groups is 1. The lowest BCUT2D eigenvalue weighted by Crippen LogP contribution is -2.44. The SMILES string of the molecule is CCNC(=O)N(C)CC1CCN(CC(C)O)CC1. The molecule has 0 aromatic heterocycles. The normalized spacial score (nSPS) is 19.6. The molecule has 1 saturated heterocycles. The zero-order chi connectivity index (χ0) is 13.5. The van der Waals surface area contributed by atoms with Gasteiger partial charge in [-0.2, -0.15) is 0 Å². The van der Waals surface area contributed by atoms with E-state index in [-0.39, 0.29) is 12.1 Å². The van der Waals surface area contributed by atoms with Crippen LogP contribution < -0.4 is 5.32 Å². The van der Waals surface area contributed by atoms with Gasteiger partial charge in [0.1, 0.15) is 0 Å². The zero-order valence-corrected chi connectivity index (χ0v) is 11.9. The van der Waals surface area contributed by atoms with E-state index in [1.807, 2.05) is 20.9 Å². The molecule has 2 amide bonds. The molecule has 0 aromatic rings. The Morgan fingerprint density at radius 2 is 2.11 bits per heavy atom. The number of nitrogens with zero attached hydrogens (tertiary/aromatic N) is 2. The molecule has 1 aliphatic rings. The van der Waals surface area contributed by atoms with Crippen molar-refractivity contribution in [3.8, 4) is 0 Å². The van der Waals surface area contributed by atoms with Gasteiger partial charge in [0.2, 0.25) is 0 Å². The first-order chi connectivity index (χ1) is 8.52. The molecule has 106 valence electrons. The van der Waals surface area contributed by atoms with E-state index >= 15 is 0 Å². The topological polar surface area (TPSA) is 55.8 Å². The lowest BCUT2D eigenvalue weighted by atomic mass is 9.96. The van der Waals surface area contributed by atoms with E-state index in [9.17, 15) is 9.90 Å². The summed E-state index contributed by atoms with van der Waals surface area (Å²) in [5, 5.41) is 12.2. The number of carbonyl (C=O) groups excluding carboxylic acids is 1. The number of likely N-dealkylation sites (tertiary alicyclic amines) is 1. The highest BCUT2D eigenvalue weighted by Crippen LogP contribution is 2.18. The van der Waals surface area contributed by atoms with Crippen molar-refractivity contribution in [2.75, 3.05) is 39.8 Å². The van der Waals surface area contributed by atoms with Gasteiger partial charge in [-0.3, -0.25) is 0 Å². The molecule has 1 aliphatic heterocycles. The fourth-order valence-electron chi connectivity index (χ4n) is 2.48. The van der Waals surface area contributed by atoms with Crippen molar-refractivity contribution in [1.29, 1.82) is 0 Å². The van der Waals surface area contributed by atoms with Gasteiger partial charge in [-0.05, 0) is 45.7 Å². The van der Waals surface area contributed by atoms with E-state index in [2.05, 4.69) is 10.2 Å². The number of nitrogens with one attached hydrogen (secondary N) is 1. The van der Waals surface area contributed by atoms with Crippen LogP contribution in [0.1, 0.15) is 26.7 Å². The van der Waals surface area contributed by atoms with Crippen LogP contribution in [0.3, 0.4) is 0 Å². The minimum Gasteiger partial charge on any atom is -0.392 e. The van der Waals surface area contributed by atoms with Crippen molar-refractivity contribution < 1.29 is 9.90 Å². The summed E-state index contributed by atoms with van der Waals surface area (Å²) in [4.78, 5) is 15.7. The average Bonchev–Trinajstić information content (AvgIpc) is 2.31. The number of aliphatic hydroxyl groups is 1. The Bertz CT molecular complexity index is 251. The summed E-state index contributed by atoms with van der Waals surface area (Å²) in [6, 6.07) is 0.0175. The van der Waals surface area contributed by atoms with E-state index in [1.165, 1.54) is 0 Å². The standard InChI is InChI=1S/C13H27N3O2/c1-4-14-13(18)15(3)10-12-5-7-16(8-6-12)9-11(2)17/h11-12,17H,4-10H2,1-3H3,(H,14,18). The van der Waals surface area contributed by atoms with Crippen molar-refractivity contribution in [1.82, 2.24) is 15.1 Å². The fraction of sp³-hybridized carbons (Fsp3) is 0.923. The molecular weight excluding hydrogens is 230 g/mol. The Hall–Kier alpha value is -0.810. The Balaban J connectivity index is 2.24. The number of amides is 2. The van der Waals surface area contributed by atoms with Crippen molar-refractivity contribution in [2.45, 2.75) is 32.8 Å². The molecule has 1 unspecified atom stereocenters. The highest BCUT2D eigenvalue weighted by atomic mass is 16.3. The molecule has 1 heterocycles. The second-order valence-corrected chi connectivity index (χ2v) is 5.31. The molecule has 0 saturated carbocycles. The van der Waals surface area contributed by atoms with Gasteiger partial charge in [-0.1, -0.05) is 0 Å². The second-order valence-electron chi connectivity index (χ2n) is 5.31. The second kappa shape index (κ2) is 7.59. The molecule has 0 radical (unpaired) electrons. The molecule has 1 atom stereocenters. The molecule has 5 nitrogen and oxygen atoms in total. The van der Waals surface area contributed by atoms with Crippen LogP contribution in [0.25, 0.3) is 0 Å². The van der Waals surface area contributed by atoms with Crippen LogP contribution in [0.4, 0.5) is 4.79 Å². The van der Waals surface area contributed by atoms with Gasteiger partial charge in [0, 0.05) is 26.7 Å². The van der Waals surface area contributed by atoms with E-state index in [4.69, 9.17) is 0 Å². The third-order valence-electron chi connectivity index (χ3n) is 3.44. The van der Waals surface area contributed by atoms with Gasteiger partial charge >= 0.3 is 6.03 Å². The molecule has 18 heavy (non-hydrogen) atoms. The Kier molecular flexibility index (Phi) is 6.43. The summed E-state index contributed by atoms with van der Waals surface area (Å²) in [5.41, 5.74) is 0. The minimum absolute atomic E-state index is 0.0175. The van der Waals surface area contributed by atoms with Crippen LogP contribution in [0.5, 0.6) is 0 Å². The maximum absolute atomic E-state index is 11.6. The van der Waals surface area contributed by atoms with E-state index in [1.54, 1.807) is 4.90 Å². The number of hydrogen-bond acceptors (Lipinski definition) is 3. The van der Waals surface area contributed by atoms with Gasteiger partial charge in [0.25, 0.3) is 0 Å². The third kappa shape index (κ3) is 5.23. The molecular formula is C13H27N3O2.